The molecule has 0 aliphatic rings. The van der Waals surface area contributed by atoms with Gasteiger partial charge in [-0.25, -0.2) is 0 Å². The van der Waals surface area contributed by atoms with Crippen LogP contribution >= 0.6 is 0 Å². The van der Waals surface area contributed by atoms with Crippen molar-refractivity contribution in [3.05, 3.63) is 29.3 Å². The van der Waals surface area contributed by atoms with Gasteiger partial charge in [0.2, 0.25) is 5.91 Å². The molecule has 0 saturated heterocycles. The molecule has 0 aromatic heterocycles. The Kier molecular flexibility index (Phi) is 5.12. The van der Waals surface area contributed by atoms with Crippen LogP contribution in [0, 0.1) is 6.92 Å². The molecule has 0 aliphatic carbocycles. The highest BCUT2D eigenvalue weighted by Gasteiger charge is 2.18. The van der Waals surface area contributed by atoms with Gasteiger partial charge in [0.1, 0.15) is 6.10 Å². The van der Waals surface area contributed by atoms with Gasteiger partial charge in [-0.05, 0) is 30.5 Å². The highest BCUT2D eigenvalue weighted by Crippen LogP contribution is 2.22. The number of carbonyl (C=O) groups excluding carboxylic acids is 1. The van der Waals surface area contributed by atoms with E-state index in [0.29, 0.717) is 24.2 Å². The smallest absolute Gasteiger partial charge is 0.216 e. The first-order chi connectivity index (χ1) is 8.41. The SMILES string of the molecule is CC(=O)NCCC(O)C(O)c1ccc(N)c(C)c1. The second-order valence-electron chi connectivity index (χ2n) is 4.40. The summed E-state index contributed by atoms with van der Waals surface area (Å²) in [7, 11) is 0. The number of aliphatic hydroxyl groups excluding tert-OH is 2. The molecule has 5 N–H and O–H groups in total. The molecular weight excluding hydrogens is 232 g/mol. The summed E-state index contributed by atoms with van der Waals surface area (Å²) in [6.45, 7) is 3.59. The zero-order chi connectivity index (χ0) is 13.7. The number of hydrogen-bond acceptors (Lipinski definition) is 4. The molecule has 0 bridgehead atoms. The van der Waals surface area contributed by atoms with E-state index in [1.807, 2.05) is 6.92 Å². The van der Waals surface area contributed by atoms with Gasteiger partial charge in [-0.2, -0.15) is 0 Å². The predicted octanol–water partition coefficient (Wildman–Crippen LogP) is 0.498. The largest absolute Gasteiger partial charge is 0.399 e. The van der Waals surface area contributed by atoms with Crippen molar-refractivity contribution in [2.75, 3.05) is 12.3 Å². The van der Waals surface area contributed by atoms with Gasteiger partial charge in [-0.3, -0.25) is 4.79 Å². The summed E-state index contributed by atoms with van der Waals surface area (Å²) < 4.78 is 0. The Balaban J connectivity index is 2.59. The number of nitrogens with one attached hydrogen (secondary N) is 1. The van der Waals surface area contributed by atoms with Crippen molar-refractivity contribution in [2.45, 2.75) is 32.5 Å². The van der Waals surface area contributed by atoms with Crippen molar-refractivity contribution < 1.29 is 15.0 Å². The fourth-order valence-corrected chi connectivity index (χ4v) is 1.66. The first-order valence-corrected chi connectivity index (χ1v) is 5.88. The molecule has 1 amide bonds. The van der Waals surface area contributed by atoms with E-state index >= 15 is 0 Å². The van der Waals surface area contributed by atoms with Crippen LogP contribution in [0.5, 0.6) is 0 Å². The Morgan fingerprint density at radius 1 is 1.44 bits per heavy atom. The van der Waals surface area contributed by atoms with E-state index in [9.17, 15) is 15.0 Å². The maximum Gasteiger partial charge on any atom is 0.216 e. The number of aliphatic hydroxyl groups is 2. The average molecular weight is 252 g/mol. The average Bonchev–Trinajstić information content (AvgIpc) is 2.31. The lowest BCUT2D eigenvalue weighted by Crippen LogP contribution is -2.27. The van der Waals surface area contributed by atoms with Crippen LogP contribution in [0.15, 0.2) is 18.2 Å². The van der Waals surface area contributed by atoms with E-state index in [2.05, 4.69) is 5.32 Å². The maximum absolute atomic E-state index is 10.7. The van der Waals surface area contributed by atoms with Crippen LogP contribution < -0.4 is 11.1 Å². The van der Waals surface area contributed by atoms with Crippen molar-refractivity contribution in [1.82, 2.24) is 5.32 Å². The van der Waals surface area contributed by atoms with Crippen LogP contribution in [-0.2, 0) is 4.79 Å². The van der Waals surface area contributed by atoms with Crippen molar-refractivity contribution in [1.29, 1.82) is 0 Å². The van der Waals surface area contributed by atoms with E-state index in [1.165, 1.54) is 6.92 Å². The number of nitrogen functional groups attached to an aromatic ring is 1. The number of anilines is 1. The highest BCUT2D eigenvalue weighted by atomic mass is 16.3. The number of benzene rings is 1. The standard InChI is InChI=1S/C13H20N2O3/c1-8-7-10(3-4-11(8)14)13(18)12(17)5-6-15-9(2)16/h3-4,7,12-13,17-18H,5-6,14H2,1-2H3,(H,15,16). The molecule has 0 aliphatic heterocycles. The van der Waals surface area contributed by atoms with Crippen molar-refractivity contribution in [2.24, 2.45) is 0 Å². The van der Waals surface area contributed by atoms with E-state index < -0.39 is 12.2 Å². The Hall–Kier alpha value is -1.59. The summed E-state index contributed by atoms with van der Waals surface area (Å²) in [4.78, 5) is 10.7. The van der Waals surface area contributed by atoms with Crippen LogP contribution in [-0.4, -0.2) is 28.8 Å². The van der Waals surface area contributed by atoms with Gasteiger partial charge in [0.25, 0.3) is 0 Å². The number of nitrogens with two attached hydrogens (primary N) is 1. The number of aryl methyl sites for hydroxylation is 1. The minimum Gasteiger partial charge on any atom is -0.399 e. The monoisotopic (exact) mass is 252 g/mol. The van der Waals surface area contributed by atoms with E-state index in [0.717, 1.165) is 5.56 Å². The molecule has 100 valence electrons. The molecule has 1 rings (SSSR count). The summed E-state index contributed by atoms with van der Waals surface area (Å²) in [6, 6.07) is 5.14. The van der Waals surface area contributed by atoms with Crippen LogP contribution in [0.2, 0.25) is 0 Å². The molecule has 2 atom stereocenters. The van der Waals surface area contributed by atoms with Gasteiger partial charge >= 0.3 is 0 Å². The number of hydrogen-bond donors (Lipinski definition) is 4. The molecule has 0 saturated carbocycles. The summed E-state index contributed by atoms with van der Waals surface area (Å²) in [5.41, 5.74) is 7.82. The van der Waals surface area contributed by atoms with Crippen molar-refractivity contribution in [3.8, 4) is 0 Å². The molecule has 0 radical (unpaired) electrons. The first-order valence-electron chi connectivity index (χ1n) is 5.88. The van der Waals surface area contributed by atoms with Gasteiger partial charge < -0.3 is 21.3 Å². The highest BCUT2D eigenvalue weighted by molar-refractivity contribution is 5.72. The fraction of sp³-hybridized carbons (Fsp3) is 0.462. The lowest BCUT2D eigenvalue weighted by Gasteiger charge is -2.19. The van der Waals surface area contributed by atoms with E-state index in [-0.39, 0.29) is 5.91 Å². The van der Waals surface area contributed by atoms with Gasteiger partial charge in [0.05, 0.1) is 6.10 Å². The molecule has 2 unspecified atom stereocenters. The van der Waals surface area contributed by atoms with Gasteiger partial charge in [-0.15, -0.1) is 0 Å². The van der Waals surface area contributed by atoms with Crippen LogP contribution in [0.25, 0.3) is 0 Å². The lowest BCUT2D eigenvalue weighted by molar-refractivity contribution is -0.119. The molecule has 0 spiro atoms. The predicted molar refractivity (Wildman–Crippen MR) is 69.9 cm³/mol. The quantitative estimate of drug-likeness (QED) is 0.574. The summed E-state index contributed by atoms with van der Waals surface area (Å²) in [5.74, 6) is -0.153. The molecule has 1 aromatic rings. The Morgan fingerprint density at radius 3 is 2.67 bits per heavy atom. The van der Waals surface area contributed by atoms with Gasteiger partial charge in [0.15, 0.2) is 0 Å². The first kappa shape index (κ1) is 14.5. The normalized spacial score (nSPS) is 14.0. The van der Waals surface area contributed by atoms with Crippen LogP contribution in [0.1, 0.15) is 30.6 Å². The van der Waals surface area contributed by atoms with Gasteiger partial charge in [0, 0.05) is 19.2 Å². The van der Waals surface area contributed by atoms with E-state index in [1.54, 1.807) is 18.2 Å². The number of rotatable bonds is 5. The van der Waals surface area contributed by atoms with Crippen molar-refractivity contribution >= 4 is 11.6 Å². The third-order valence-corrected chi connectivity index (χ3v) is 2.81. The lowest BCUT2D eigenvalue weighted by atomic mass is 9.99. The summed E-state index contributed by atoms with van der Waals surface area (Å²) in [6.07, 6.45) is -1.59. The molecule has 18 heavy (non-hydrogen) atoms. The molecule has 1 aromatic carbocycles. The molecule has 0 heterocycles. The zero-order valence-corrected chi connectivity index (χ0v) is 10.7. The molecule has 5 nitrogen and oxygen atoms in total. The topological polar surface area (TPSA) is 95.6 Å². The van der Waals surface area contributed by atoms with Crippen LogP contribution in [0.3, 0.4) is 0 Å². The second kappa shape index (κ2) is 6.37. The third-order valence-electron chi connectivity index (χ3n) is 2.81. The third kappa shape index (κ3) is 4.01. The minimum absolute atomic E-state index is 0.153. The number of amides is 1. The Morgan fingerprint density at radius 2 is 2.11 bits per heavy atom. The molecule has 5 heteroatoms. The maximum atomic E-state index is 10.7. The molecular formula is C13H20N2O3. The van der Waals surface area contributed by atoms with E-state index in [4.69, 9.17) is 5.73 Å². The van der Waals surface area contributed by atoms with Gasteiger partial charge in [-0.1, -0.05) is 12.1 Å². The summed E-state index contributed by atoms with van der Waals surface area (Å²) >= 11 is 0. The fourth-order valence-electron chi connectivity index (χ4n) is 1.66. The zero-order valence-electron chi connectivity index (χ0n) is 10.7. The Labute approximate surface area is 107 Å². The van der Waals surface area contributed by atoms with Crippen molar-refractivity contribution in [3.63, 3.8) is 0 Å². The minimum atomic E-state index is -0.974. The summed E-state index contributed by atoms with van der Waals surface area (Å²) in [5, 5.41) is 22.4. The van der Waals surface area contributed by atoms with Crippen LogP contribution in [0.4, 0.5) is 5.69 Å². The molecule has 0 fully saturated rings. The second-order valence-corrected chi connectivity index (χ2v) is 4.40. The number of carbonyl (C=O) groups is 1. The Bertz CT molecular complexity index is 421.